The summed E-state index contributed by atoms with van der Waals surface area (Å²) in [4.78, 5) is 11.0. The lowest BCUT2D eigenvalue weighted by atomic mass is 10.1. The molecule has 0 bridgehead atoms. The first kappa shape index (κ1) is 12.1. The van der Waals surface area contributed by atoms with Gasteiger partial charge in [0.25, 0.3) is 5.91 Å². The van der Waals surface area contributed by atoms with E-state index in [1.165, 1.54) is 12.1 Å². The maximum atomic E-state index is 13.3. The standard InChI is InChI=1S/C14H13FN2O/c15-13-7-6-11(8-12(13)14(16)18)17-9-10-4-2-1-3-5-10/h1-8,17H,9H2,(H2,16,18). The van der Waals surface area contributed by atoms with Crippen LogP contribution in [0.1, 0.15) is 15.9 Å². The molecule has 0 saturated carbocycles. The third-order valence-corrected chi connectivity index (χ3v) is 2.57. The fourth-order valence-electron chi connectivity index (χ4n) is 1.62. The van der Waals surface area contributed by atoms with E-state index in [1.807, 2.05) is 30.3 Å². The summed E-state index contributed by atoms with van der Waals surface area (Å²) < 4.78 is 13.3. The number of nitrogens with two attached hydrogens (primary N) is 1. The van der Waals surface area contributed by atoms with Gasteiger partial charge in [0.05, 0.1) is 5.56 Å². The minimum absolute atomic E-state index is 0.104. The van der Waals surface area contributed by atoms with Gasteiger partial charge in [-0.2, -0.15) is 0 Å². The molecule has 3 nitrogen and oxygen atoms in total. The molecule has 0 aliphatic carbocycles. The highest BCUT2D eigenvalue weighted by atomic mass is 19.1. The number of hydrogen-bond acceptors (Lipinski definition) is 2. The van der Waals surface area contributed by atoms with Crippen molar-refractivity contribution in [1.29, 1.82) is 0 Å². The molecule has 2 aromatic carbocycles. The molecule has 0 fully saturated rings. The summed E-state index contributed by atoms with van der Waals surface area (Å²) in [5, 5.41) is 3.11. The van der Waals surface area contributed by atoms with Crippen LogP contribution in [-0.2, 0) is 6.54 Å². The Morgan fingerprint density at radius 3 is 2.56 bits per heavy atom. The summed E-state index contributed by atoms with van der Waals surface area (Å²) in [6.07, 6.45) is 0. The summed E-state index contributed by atoms with van der Waals surface area (Å²) >= 11 is 0. The average molecular weight is 244 g/mol. The minimum Gasteiger partial charge on any atom is -0.381 e. The average Bonchev–Trinajstić information content (AvgIpc) is 2.38. The molecule has 3 N–H and O–H groups in total. The molecule has 0 saturated heterocycles. The molecule has 2 rings (SSSR count). The summed E-state index contributed by atoms with van der Waals surface area (Å²) in [5.74, 6) is -1.37. The summed E-state index contributed by atoms with van der Waals surface area (Å²) in [5.41, 5.74) is 6.74. The molecule has 0 aromatic heterocycles. The normalized spacial score (nSPS) is 10.1. The fourth-order valence-corrected chi connectivity index (χ4v) is 1.62. The Balaban J connectivity index is 2.11. The van der Waals surface area contributed by atoms with E-state index in [1.54, 1.807) is 6.07 Å². The summed E-state index contributed by atoms with van der Waals surface area (Å²) in [6.45, 7) is 0.602. The Morgan fingerprint density at radius 2 is 1.89 bits per heavy atom. The van der Waals surface area contributed by atoms with E-state index in [0.29, 0.717) is 12.2 Å². The Hall–Kier alpha value is -2.36. The van der Waals surface area contributed by atoms with Crippen molar-refractivity contribution in [3.05, 3.63) is 65.5 Å². The second-order valence-electron chi connectivity index (χ2n) is 3.90. The molecule has 92 valence electrons. The van der Waals surface area contributed by atoms with Crippen LogP contribution in [0.3, 0.4) is 0 Å². The first-order valence-electron chi connectivity index (χ1n) is 5.54. The third kappa shape index (κ3) is 2.85. The Bertz CT molecular complexity index is 555. The number of hydrogen-bond donors (Lipinski definition) is 2. The zero-order valence-corrected chi connectivity index (χ0v) is 9.69. The highest BCUT2D eigenvalue weighted by molar-refractivity contribution is 5.94. The van der Waals surface area contributed by atoms with Crippen molar-refractivity contribution in [2.45, 2.75) is 6.54 Å². The largest absolute Gasteiger partial charge is 0.381 e. The first-order chi connectivity index (χ1) is 8.66. The zero-order valence-electron chi connectivity index (χ0n) is 9.69. The van der Waals surface area contributed by atoms with Gasteiger partial charge in [-0.15, -0.1) is 0 Å². The van der Waals surface area contributed by atoms with Crippen molar-refractivity contribution in [3.63, 3.8) is 0 Å². The lowest BCUT2D eigenvalue weighted by molar-refractivity contribution is 0.0996. The van der Waals surface area contributed by atoms with E-state index in [9.17, 15) is 9.18 Å². The van der Waals surface area contributed by atoms with E-state index < -0.39 is 11.7 Å². The van der Waals surface area contributed by atoms with Crippen LogP contribution in [0, 0.1) is 5.82 Å². The Labute approximate surface area is 104 Å². The minimum atomic E-state index is -0.768. The number of primary amides is 1. The Morgan fingerprint density at radius 1 is 1.17 bits per heavy atom. The highest BCUT2D eigenvalue weighted by Gasteiger charge is 2.08. The van der Waals surface area contributed by atoms with Gasteiger partial charge in [0.1, 0.15) is 5.82 Å². The smallest absolute Gasteiger partial charge is 0.251 e. The van der Waals surface area contributed by atoms with E-state index >= 15 is 0 Å². The third-order valence-electron chi connectivity index (χ3n) is 2.57. The number of amides is 1. The van der Waals surface area contributed by atoms with Gasteiger partial charge in [-0.1, -0.05) is 30.3 Å². The van der Waals surface area contributed by atoms with E-state index in [4.69, 9.17) is 5.73 Å². The van der Waals surface area contributed by atoms with Crippen LogP contribution in [0.4, 0.5) is 10.1 Å². The van der Waals surface area contributed by atoms with Crippen molar-refractivity contribution in [2.75, 3.05) is 5.32 Å². The number of rotatable bonds is 4. The van der Waals surface area contributed by atoms with Crippen molar-refractivity contribution in [1.82, 2.24) is 0 Å². The van der Waals surface area contributed by atoms with Crippen molar-refractivity contribution in [3.8, 4) is 0 Å². The second-order valence-corrected chi connectivity index (χ2v) is 3.90. The van der Waals surface area contributed by atoms with Crippen LogP contribution in [0.2, 0.25) is 0 Å². The molecule has 2 aromatic rings. The predicted octanol–water partition coefficient (Wildman–Crippen LogP) is 2.54. The number of benzene rings is 2. The number of nitrogens with one attached hydrogen (secondary N) is 1. The summed E-state index contributed by atoms with van der Waals surface area (Å²) in [6, 6.07) is 14.0. The quantitative estimate of drug-likeness (QED) is 0.868. The van der Waals surface area contributed by atoms with Gasteiger partial charge in [0.15, 0.2) is 0 Å². The first-order valence-corrected chi connectivity index (χ1v) is 5.54. The lowest BCUT2D eigenvalue weighted by Crippen LogP contribution is -2.13. The number of carbonyl (C=O) groups excluding carboxylic acids is 1. The van der Waals surface area contributed by atoms with Crippen LogP contribution in [0.15, 0.2) is 48.5 Å². The lowest BCUT2D eigenvalue weighted by Gasteiger charge is -2.08. The molecule has 0 unspecified atom stereocenters. The van der Waals surface area contributed by atoms with Crippen molar-refractivity contribution in [2.24, 2.45) is 5.73 Å². The molecule has 0 atom stereocenters. The maximum absolute atomic E-state index is 13.3. The SMILES string of the molecule is NC(=O)c1cc(NCc2ccccc2)ccc1F. The maximum Gasteiger partial charge on any atom is 0.251 e. The van der Waals surface area contributed by atoms with Gasteiger partial charge >= 0.3 is 0 Å². The van der Waals surface area contributed by atoms with Crippen molar-refractivity contribution >= 4 is 11.6 Å². The molecular weight excluding hydrogens is 231 g/mol. The molecule has 0 aliphatic heterocycles. The van der Waals surface area contributed by atoms with E-state index in [2.05, 4.69) is 5.32 Å². The number of halogens is 1. The van der Waals surface area contributed by atoms with Gasteiger partial charge in [0.2, 0.25) is 0 Å². The monoisotopic (exact) mass is 244 g/mol. The van der Waals surface area contributed by atoms with Gasteiger partial charge in [-0.3, -0.25) is 4.79 Å². The molecule has 0 aliphatic rings. The number of carbonyl (C=O) groups is 1. The van der Waals surface area contributed by atoms with Crippen LogP contribution in [0.25, 0.3) is 0 Å². The fraction of sp³-hybridized carbons (Fsp3) is 0.0714. The molecule has 0 heterocycles. The topological polar surface area (TPSA) is 55.1 Å². The van der Waals surface area contributed by atoms with Crippen molar-refractivity contribution < 1.29 is 9.18 Å². The molecule has 0 spiro atoms. The van der Waals surface area contributed by atoms with Gasteiger partial charge in [0, 0.05) is 12.2 Å². The Kier molecular flexibility index (Phi) is 3.57. The second kappa shape index (κ2) is 5.31. The predicted molar refractivity (Wildman–Crippen MR) is 68.7 cm³/mol. The number of anilines is 1. The highest BCUT2D eigenvalue weighted by Crippen LogP contribution is 2.15. The van der Waals surface area contributed by atoms with Gasteiger partial charge in [-0.05, 0) is 23.8 Å². The summed E-state index contributed by atoms with van der Waals surface area (Å²) in [7, 11) is 0. The van der Waals surface area contributed by atoms with Crippen LogP contribution in [0.5, 0.6) is 0 Å². The van der Waals surface area contributed by atoms with Crippen LogP contribution < -0.4 is 11.1 Å². The molecule has 1 amide bonds. The molecule has 4 heteroatoms. The van der Waals surface area contributed by atoms with E-state index in [-0.39, 0.29) is 5.56 Å². The zero-order chi connectivity index (χ0) is 13.0. The van der Waals surface area contributed by atoms with Gasteiger partial charge in [-0.25, -0.2) is 4.39 Å². The molecule has 18 heavy (non-hydrogen) atoms. The molecular formula is C14H13FN2O. The van der Waals surface area contributed by atoms with Crippen LogP contribution in [-0.4, -0.2) is 5.91 Å². The molecule has 0 radical (unpaired) electrons. The van der Waals surface area contributed by atoms with Gasteiger partial charge < -0.3 is 11.1 Å². The van der Waals surface area contributed by atoms with Crippen LogP contribution >= 0.6 is 0 Å². The van der Waals surface area contributed by atoms with E-state index in [0.717, 1.165) is 5.56 Å².